The van der Waals surface area contributed by atoms with Gasteiger partial charge in [0.15, 0.2) is 0 Å². The molecule has 1 saturated heterocycles. The molecule has 0 radical (unpaired) electrons. The lowest BCUT2D eigenvalue weighted by Crippen LogP contribution is -2.49. The first-order valence-corrected chi connectivity index (χ1v) is 6.87. The molecule has 0 spiro atoms. The molecule has 1 fully saturated rings. The summed E-state index contributed by atoms with van der Waals surface area (Å²) < 4.78 is 5.20. The number of aryl methyl sites for hydroxylation is 1. The molecular weight excluding hydrogens is 272 g/mol. The van der Waals surface area contributed by atoms with Gasteiger partial charge in [0, 0.05) is 12.1 Å². The molecule has 0 saturated carbocycles. The molecule has 2 unspecified atom stereocenters. The maximum absolute atomic E-state index is 12.0. The van der Waals surface area contributed by atoms with Crippen molar-refractivity contribution < 1.29 is 19.4 Å². The first-order valence-electron chi connectivity index (χ1n) is 6.87. The van der Waals surface area contributed by atoms with E-state index >= 15 is 0 Å². The highest BCUT2D eigenvalue weighted by Gasteiger charge is 2.47. The summed E-state index contributed by atoms with van der Waals surface area (Å²) in [6, 6.07) is 6.87. The fourth-order valence-electron chi connectivity index (χ4n) is 2.36. The van der Waals surface area contributed by atoms with Gasteiger partial charge in [-0.3, -0.25) is 9.59 Å². The monoisotopic (exact) mass is 292 g/mol. The summed E-state index contributed by atoms with van der Waals surface area (Å²) in [6.45, 7) is 1.93. The van der Waals surface area contributed by atoms with Gasteiger partial charge in [0.25, 0.3) is 0 Å². The van der Waals surface area contributed by atoms with E-state index in [1.165, 1.54) is 0 Å². The number of nitrogens with one attached hydrogen (secondary N) is 1. The van der Waals surface area contributed by atoms with Crippen LogP contribution in [0.5, 0.6) is 0 Å². The Balaban J connectivity index is 1.89. The fraction of sp³-hybridized carbons (Fsp3) is 0.467. The van der Waals surface area contributed by atoms with Crippen molar-refractivity contribution in [3.8, 4) is 0 Å². The number of aliphatic carboxylic acids is 1. The number of ether oxygens (including phenoxy) is 1. The van der Waals surface area contributed by atoms with Crippen molar-refractivity contribution in [3.05, 3.63) is 29.8 Å². The van der Waals surface area contributed by atoms with E-state index in [9.17, 15) is 14.7 Å². The number of nitrogens with two attached hydrogens (primary N) is 1. The van der Waals surface area contributed by atoms with Gasteiger partial charge in [-0.1, -0.05) is 12.1 Å². The van der Waals surface area contributed by atoms with Crippen LogP contribution in [0.4, 0.5) is 5.69 Å². The predicted octanol–water partition coefficient (Wildman–Crippen LogP) is 0.807. The van der Waals surface area contributed by atoms with Gasteiger partial charge in [-0.05, 0) is 31.0 Å². The number of nitrogen functional groups attached to an aromatic ring is 1. The van der Waals surface area contributed by atoms with Crippen LogP contribution >= 0.6 is 0 Å². The smallest absolute Gasteiger partial charge is 0.313 e. The maximum Gasteiger partial charge on any atom is 0.313 e. The lowest BCUT2D eigenvalue weighted by molar-refractivity contribution is -0.149. The number of benzene rings is 1. The molecule has 2 atom stereocenters. The van der Waals surface area contributed by atoms with Crippen LogP contribution in [0.1, 0.15) is 18.9 Å². The van der Waals surface area contributed by atoms with E-state index in [0.29, 0.717) is 12.1 Å². The second-order valence-electron chi connectivity index (χ2n) is 5.60. The third-order valence-corrected chi connectivity index (χ3v) is 3.87. The van der Waals surface area contributed by atoms with Crippen LogP contribution in [-0.4, -0.2) is 36.2 Å². The number of rotatable bonds is 5. The Morgan fingerprint density at radius 1 is 1.52 bits per heavy atom. The molecular formula is C15H20N2O4. The first kappa shape index (κ1) is 15.3. The number of carbonyl (C=O) groups is 2. The van der Waals surface area contributed by atoms with Crippen LogP contribution in [0, 0.1) is 5.41 Å². The summed E-state index contributed by atoms with van der Waals surface area (Å²) in [5, 5.41) is 12.0. The van der Waals surface area contributed by atoms with Gasteiger partial charge >= 0.3 is 5.97 Å². The number of hydrogen-bond donors (Lipinski definition) is 3. The second kappa shape index (κ2) is 6.13. The summed E-state index contributed by atoms with van der Waals surface area (Å²) in [7, 11) is 0. The van der Waals surface area contributed by atoms with E-state index in [1.54, 1.807) is 13.0 Å². The Morgan fingerprint density at radius 3 is 2.95 bits per heavy atom. The zero-order chi connectivity index (χ0) is 15.5. The van der Waals surface area contributed by atoms with Crippen LogP contribution in [0.2, 0.25) is 0 Å². The van der Waals surface area contributed by atoms with Gasteiger partial charge in [-0.2, -0.15) is 0 Å². The van der Waals surface area contributed by atoms with Gasteiger partial charge in [-0.15, -0.1) is 0 Å². The first-order chi connectivity index (χ1) is 9.91. The van der Waals surface area contributed by atoms with Gasteiger partial charge < -0.3 is 20.9 Å². The minimum atomic E-state index is -1.06. The third kappa shape index (κ3) is 3.52. The maximum atomic E-state index is 12.0. The molecule has 0 aliphatic carbocycles. The molecule has 1 aliphatic rings. The molecule has 6 heteroatoms. The standard InChI is InChI=1S/C15H20N2O4/c1-15(14(19)20)9-21-8-12(15)17-13(18)6-5-10-3-2-4-11(16)7-10/h2-4,7,12H,5-6,8-9,16H2,1H3,(H,17,18)(H,19,20). The molecule has 1 amide bonds. The number of hydrogen-bond acceptors (Lipinski definition) is 4. The predicted molar refractivity (Wildman–Crippen MR) is 77.7 cm³/mol. The van der Waals surface area contributed by atoms with Crippen LogP contribution < -0.4 is 11.1 Å². The number of anilines is 1. The van der Waals surface area contributed by atoms with Crippen molar-refractivity contribution in [1.82, 2.24) is 5.32 Å². The van der Waals surface area contributed by atoms with E-state index in [2.05, 4.69) is 5.32 Å². The summed E-state index contributed by atoms with van der Waals surface area (Å²) in [5.41, 5.74) is 6.26. The van der Waals surface area contributed by atoms with Crippen molar-refractivity contribution in [3.63, 3.8) is 0 Å². The normalized spacial score (nSPS) is 24.7. The van der Waals surface area contributed by atoms with Gasteiger partial charge in [-0.25, -0.2) is 0 Å². The van der Waals surface area contributed by atoms with Crippen LogP contribution in [-0.2, 0) is 20.7 Å². The summed E-state index contributed by atoms with van der Waals surface area (Å²) >= 11 is 0. The van der Waals surface area contributed by atoms with Crippen molar-refractivity contribution in [2.24, 2.45) is 5.41 Å². The van der Waals surface area contributed by atoms with Crippen molar-refractivity contribution in [2.45, 2.75) is 25.8 Å². The molecule has 1 heterocycles. The molecule has 1 aromatic rings. The Bertz CT molecular complexity index is 546. The highest BCUT2D eigenvalue weighted by atomic mass is 16.5. The van der Waals surface area contributed by atoms with Gasteiger partial charge in [0.05, 0.1) is 19.3 Å². The number of carbonyl (C=O) groups excluding carboxylic acids is 1. The summed E-state index contributed by atoms with van der Waals surface area (Å²) in [4.78, 5) is 23.3. The number of carboxylic acids is 1. The van der Waals surface area contributed by atoms with E-state index in [4.69, 9.17) is 10.5 Å². The molecule has 0 aromatic heterocycles. The van der Waals surface area contributed by atoms with E-state index in [1.807, 2.05) is 18.2 Å². The zero-order valence-corrected chi connectivity index (χ0v) is 12.0. The second-order valence-corrected chi connectivity index (χ2v) is 5.60. The Hall–Kier alpha value is -2.08. The molecule has 21 heavy (non-hydrogen) atoms. The van der Waals surface area contributed by atoms with Crippen LogP contribution in [0.25, 0.3) is 0 Å². The van der Waals surface area contributed by atoms with E-state index in [-0.39, 0.29) is 25.5 Å². The average molecular weight is 292 g/mol. The molecule has 114 valence electrons. The number of carboxylic acid groups (broad SMARTS) is 1. The molecule has 0 bridgehead atoms. The minimum absolute atomic E-state index is 0.114. The van der Waals surface area contributed by atoms with Gasteiger partial charge in [0.1, 0.15) is 5.41 Å². The molecule has 6 nitrogen and oxygen atoms in total. The summed E-state index contributed by atoms with van der Waals surface area (Å²) in [5.74, 6) is -1.14. The Labute approximate surface area is 123 Å². The number of amides is 1. The van der Waals surface area contributed by atoms with Crippen LogP contribution in [0.15, 0.2) is 24.3 Å². The largest absolute Gasteiger partial charge is 0.481 e. The van der Waals surface area contributed by atoms with E-state index < -0.39 is 17.4 Å². The third-order valence-electron chi connectivity index (χ3n) is 3.87. The Kier molecular flexibility index (Phi) is 4.47. The van der Waals surface area contributed by atoms with E-state index in [0.717, 1.165) is 5.56 Å². The average Bonchev–Trinajstić information content (AvgIpc) is 2.79. The fourth-order valence-corrected chi connectivity index (χ4v) is 2.36. The summed E-state index contributed by atoms with van der Waals surface area (Å²) in [6.07, 6.45) is 0.851. The van der Waals surface area contributed by atoms with Crippen molar-refractivity contribution in [2.75, 3.05) is 18.9 Å². The van der Waals surface area contributed by atoms with Crippen LogP contribution in [0.3, 0.4) is 0 Å². The van der Waals surface area contributed by atoms with Gasteiger partial charge in [0.2, 0.25) is 5.91 Å². The SMILES string of the molecule is CC1(C(=O)O)COCC1NC(=O)CCc1cccc(N)c1. The topological polar surface area (TPSA) is 102 Å². The highest BCUT2D eigenvalue weighted by Crippen LogP contribution is 2.28. The zero-order valence-electron chi connectivity index (χ0n) is 12.0. The molecule has 4 N–H and O–H groups in total. The quantitative estimate of drug-likeness (QED) is 0.697. The van der Waals surface area contributed by atoms with Crippen molar-refractivity contribution in [1.29, 1.82) is 0 Å². The highest BCUT2D eigenvalue weighted by molar-refractivity contribution is 5.80. The minimum Gasteiger partial charge on any atom is -0.481 e. The molecule has 2 rings (SSSR count). The lowest BCUT2D eigenvalue weighted by Gasteiger charge is -2.25. The Morgan fingerprint density at radius 2 is 2.29 bits per heavy atom. The lowest BCUT2D eigenvalue weighted by atomic mass is 9.85. The molecule has 1 aliphatic heterocycles. The molecule has 1 aromatic carbocycles. The van der Waals surface area contributed by atoms with Crippen molar-refractivity contribution >= 4 is 17.6 Å².